The predicted octanol–water partition coefficient (Wildman–Crippen LogP) is 3.59. The van der Waals surface area contributed by atoms with Gasteiger partial charge in [-0.15, -0.1) is 0 Å². The average molecular weight is 335 g/mol. The minimum atomic E-state index is -0.276. The first kappa shape index (κ1) is 15.3. The van der Waals surface area contributed by atoms with Crippen molar-refractivity contribution in [1.29, 1.82) is 0 Å². The van der Waals surface area contributed by atoms with Gasteiger partial charge in [-0.25, -0.2) is 0 Å². The first-order chi connectivity index (χ1) is 8.33. The highest BCUT2D eigenvalue weighted by Crippen LogP contribution is 2.26. The maximum absolute atomic E-state index is 12.4. The second-order valence-electron chi connectivity index (χ2n) is 4.65. The van der Waals surface area contributed by atoms with E-state index in [0.29, 0.717) is 21.7 Å². The zero-order chi connectivity index (χ0) is 13.9. The average Bonchev–Trinajstić information content (AvgIpc) is 2.36. The Morgan fingerprint density at radius 1 is 1.50 bits per heavy atom. The molecule has 0 spiro atoms. The van der Waals surface area contributed by atoms with Crippen LogP contribution in [0.5, 0.6) is 5.75 Å². The van der Waals surface area contributed by atoms with Crippen molar-refractivity contribution in [3.05, 3.63) is 28.8 Å². The Balaban J connectivity index is 3.11. The van der Waals surface area contributed by atoms with E-state index in [0.717, 1.165) is 0 Å². The van der Waals surface area contributed by atoms with Gasteiger partial charge >= 0.3 is 0 Å². The van der Waals surface area contributed by atoms with Crippen LogP contribution in [0.2, 0.25) is 5.02 Å². The molecule has 5 heteroatoms. The third-order valence-electron chi connectivity index (χ3n) is 2.93. The Kier molecular flexibility index (Phi) is 5.05. The van der Waals surface area contributed by atoms with Gasteiger partial charge in [-0.2, -0.15) is 0 Å². The van der Waals surface area contributed by atoms with Crippen LogP contribution < -0.4 is 4.74 Å². The fraction of sp³-hybridized carbons (Fsp3) is 0.462. The van der Waals surface area contributed by atoms with Gasteiger partial charge in [-0.3, -0.25) is 4.79 Å². The molecule has 0 aliphatic rings. The van der Waals surface area contributed by atoms with Gasteiger partial charge in [0.1, 0.15) is 5.75 Å². The topological polar surface area (TPSA) is 29.5 Å². The van der Waals surface area contributed by atoms with Crippen LogP contribution >= 0.6 is 27.5 Å². The maximum Gasteiger partial charge on any atom is 0.257 e. The number of methoxy groups -OCH3 is 1. The smallest absolute Gasteiger partial charge is 0.257 e. The number of rotatable bonds is 4. The lowest BCUT2D eigenvalue weighted by molar-refractivity contribution is 0.0660. The first-order valence-electron chi connectivity index (χ1n) is 5.51. The van der Waals surface area contributed by atoms with Gasteiger partial charge in [0.05, 0.1) is 12.7 Å². The standard InChI is InChI=1S/C13H17BrClNO2/c1-13(2,8-14)16(3)12(17)10-6-5-9(15)7-11(10)18-4/h5-7H,8H2,1-4H3. The zero-order valence-electron chi connectivity index (χ0n) is 11.0. The lowest BCUT2D eigenvalue weighted by Gasteiger charge is -2.34. The predicted molar refractivity (Wildman–Crippen MR) is 78.0 cm³/mol. The van der Waals surface area contributed by atoms with Crippen molar-refractivity contribution in [1.82, 2.24) is 4.90 Å². The van der Waals surface area contributed by atoms with Crippen molar-refractivity contribution in [2.24, 2.45) is 0 Å². The van der Waals surface area contributed by atoms with Crippen LogP contribution in [0.1, 0.15) is 24.2 Å². The molecule has 1 amide bonds. The van der Waals surface area contributed by atoms with Crippen LogP contribution in [0.15, 0.2) is 18.2 Å². The number of hydrogen-bond donors (Lipinski definition) is 0. The molecule has 0 heterocycles. The van der Waals surface area contributed by atoms with Crippen molar-refractivity contribution in [3.63, 3.8) is 0 Å². The molecule has 3 nitrogen and oxygen atoms in total. The van der Waals surface area contributed by atoms with Gasteiger partial charge in [0.2, 0.25) is 0 Å². The van der Waals surface area contributed by atoms with Crippen molar-refractivity contribution in [2.75, 3.05) is 19.5 Å². The molecule has 0 saturated carbocycles. The molecule has 0 radical (unpaired) electrons. The van der Waals surface area contributed by atoms with Gasteiger partial charge in [-0.05, 0) is 32.0 Å². The highest BCUT2D eigenvalue weighted by Gasteiger charge is 2.28. The Morgan fingerprint density at radius 3 is 2.61 bits per heavy atom. The van der Waals surface area contributed by atoms with Crippen LogP contribution in [0.4, 0.5) is 0 Å². The molecule has 0 bridgehead atoms. The summed E-state index contributed by atoms with van der Waals surface area (Å²) in [6, 6.07) is 5.01. The fourth-order valence-electron chi connectivity index (χ4n) is 1.39. The molecule has 0 saturated heterocycles. The minimum Gasteiger partial charge on any atom is -0.496 e. The summed E-state index contributed by atoms with van der Waals surface area (Å²) in [6.07, 6.45) is 0. The van der Waals surface area contributed by atoms with Gasteiger partial charge < -0.3 is 9.64 Å². The Labute approximate surface area is 121 Å². The zero-order valence-corrected chi connectivity index (χ0v) is 13.3. The number of alkyl halides is 1. The molecule has 0 atom stereocenters. The molecule has 0 aromatic heterocycles. The number of benzene rings is 1. The quantitative estimate of drug-likeness (QED) is 0.788. The van der Waals surface area contributed by atoms with Gasteiger partial charge in [0.15, 0.2) is 0 Å². The molecule has 0 fully saturated rings. The van der Waals surface area contributed by atoms with E-state index in [1.54, 1.807) is 30.1 Å². The summed E-state index contributed by atoms with van der Waals surface area (Å²) < 4.78 is 5.20. The van der Waals surface area contributed by atoms with Gasteiger partial charge in [-0.1, -0.05) is 27.5 Å². The summed E-state index contributed by atoms with van der Waals surface area (Å²) >= 11 is 9.30. The summed E-state index contributed by atoms with van der Waals surface area (Å²) in [5, 5.41) is 1.24. The first-order valence-corrected chi connectivity index (χ1v) is 7.01. The van der Waals surface area contributed by atoms with E-state index in [1.807, 2.05) is 13.8 Å². The summed E-state index contributed by atoms with van der Waals surface area (Å²) in [4.78, 5) is 14.1. The largest absolute Gasteiger partial charge is 0.496 e. The molecule has 100 valence electrons. The second-order valence-corrected chi connectivity index (χ2v) is 5.65. The van der Waals surface area contributed by atoms with Crippen LogP contribution in [0.3, 0.4) is 0 Å². The van der Waals surface area contributed by atoms with Crippen LogP contribution in [0, 0.1) is 0 Å². The maximum atomic E-state index is 12.4. The second kappa shape index (κ2) is 5.93. The van der Waals surface area contributed by atoms with E-state index in [2.05, 4.69) is 15.9 Å². The minimum absolute atomic E-state index is 0.0898. The van der Waals surface area contributed by atoms with Crippen molar-refractivity contribution >= 4 is 33.4 Å². The van der Waals surface area contributed by atoms with Gasteiger partial charge in [0.25, 0.3) is 5.91 Å². The van der Waals surface area contributed by atoms with Crippen molar-refractivity contribution < 1.29 is 9.53 Å². The third kappa shape index (κ3) is 3.18. The third-order valence-corrected chi connectivity index (χ3v) is 4.54. The SMILES string of the molecule is COc1cc(Cl)ccc1C(=O)N(C)C(C)(C)CBr. The van der Waals surface area contributed by atoms with E-state index in [1.165, 1.54) is 7.11 Å². The number of halogens is 2. The molecule has 1 aromatic carbocycles. The van der Waals surface area contributed by atoms with E-state index in [9.17, 15) is 4.79 Å². The Bertz CT molecular complexity index is 449. The molecule has 1 aromatic rings. The number of carbonyl (C=O) groups is 1. The van der Waals surface area contributed by atoms with Crippen molar-refractivity contribution in [3.8, 4) is 5.75 Å². The summed E-state index contributed by atoms with van der Waals surface area (Å²) in [7, 11) is 3.30. The molecule has 0 N–H and O–H groups in total. The normalized spacial score (nSPS) is 11.2. The van der Waals surface area contributed by atoms with E-state index < -0.39 is 0 Å². The molecular formula is C13H17BrClNO2. The van der Waals surface area contributed by atoms with Crippen LogP contribution in [-0.2, 0) is 0 Å². The summed E-state index contributed by atoms with van der Waals surface area (Å²) in [5.41, 5.74) is 0.236. The molecule has 18 heavy (non-hydrogen) atoms. The lowest BCUT2D eigenvalue weighted by atomic mass is 10.0. The Morgan fingerprint density at radius 2 is 2.11 bits per heavy atom. The fourth-order valence-corrected chi connectivity index (χ4v) is 1.93. The highest BCUT2D eigenvalue weighted by molar-refractivity contribution is 9.09. The number of hydrogen-bond acceptors (Lipinski definition) is 2. The van der Waals surface area contributed by atoms with Crippen LogP contribution in [0.25, 0.3) is 0 Å². The number of nitrogens with zero attached hydrogens (tertiary/aromatic N) is 1. The van der Waals surface area contributed by atoms with Gasteiger partial charge in [0, 0.05) is 22.9 Å². The highest BCUT2D eigenvalue weighted by atomic mass is 79.9. The molecular weight excluding hydrogens is 318 g/mol. The van der Waals surface area contributed by atoms with Crippen LogP contribution in [-0.4, -0.2) is 35.8 Å². The monoisotopic (exact) mass is 333 g/mol. The van der Waals surface area contributed by atoms with E-state index >= 15 is 0 Å². The molecule has 0 aliphatic heterocycles. The van der Waals surface area contributed by atoms with Crippen molar-refractivity contribution in [2.45, 2.75) is 19.4 Å². The summed E-state index contributed by atoms with van der Waals surface area (Å²) in [6.45, 7) is 3.98. The lowest BCUT2D eigenvalue weighted by Crippen LogP contribution is -2.46. The molecule has 1 rings (SSSR count). The number of amides is 1. The molecule has 0 aliphatic carbocycles. The van der Waals surface area contributed by atoms with E-state index in [-0.39, 0.29) is 11.4 Å². The Hall–Kier alpha value is -0.740. The number of carbonyl (C=O) groups excluding carboxylic acids is 1. The number of ether oxygens (including phenoxy) is 1. The molecule has 0 unspecified atom stereocenters. The summed E-state index contributed by atoms with van der Waals surface area (Å²) in [5.74, 6) is 0.401. The van der Waals surface area contributed by atoms with E-state index in [4.69, 9.17) is 16.3 Å².